The first-order valence-corrected chi connectivity index (χ1v) is 4.80. The Morgan fingerprint density at radius 2 is 2.12 bits per heavy atom. The summed E-state index contributed by atoms with van der Waals surface area (Å²) in [5.41, 5.74) is 0.461. The molecule has 0 spiro atoms. The van der Waals surface area contributed by atoms with Gasteiger partial charge in [0.25, 0.3) is 5.91 Å². The van der Waals surface area contributed by atoms with E-state index in [1.807, 2.05) is 0 Å². The van der Waals surface area contributed by atoms with Gasteiger partial charge >= 0.3 is 0 Å². The Kier molecular flexibility index (Phi) is 4.26. The molecule has 16 heavy (non-hydrogen) atoms. The molecule has 1 aromatic rings. The smallest absolute Gasteiger partial charge is 0.251 e. The minimum Gasteiger partial charge on any atom is -0.373 e. The Morgan fingerprint density at radius 1 is 1.38 bits per heavy atom. The molecule has 86 valence electrons. The van der Waals surface area contributed by atoms with Crippen molar-refractivity contribution in [2.75, 3.05) is 26.0 Å². The number of rotatable bonds is 4. The van der Waals surface area contributed by atoms with Gasteiger partial charge in [-0.15, -0.1) is 0 Å². The number of carbonyl (C=O) groups excluding carboxylic acids is 2. The standard InChI is InChI=1S/C10H14N4O2/c1-11-8-5-7(3-4-13-8)10(16)14-6-9(15)12-2/h3-5H,6H2,1-2H3,(H,11,13)(H,12,15)(H,14,16). The molecule has 2 amide bonds. The summed E-state index contributed by atoms with van der Waals surface area (Å²) in [5, 5.41) is 7.74. The summed E-state index contributed by atoms with van der Waals surface area (Å²) < 4.78 is 0. The van der Waals surface area contributed by atoms with E-state index in [2.05, 4.69) is 20.9 Å². The summed E-state index contributed by atoms with van der Waals surface area (Å²) in [5.74, 6) is 0.0614. The molecule has 0 aromatic carbocycles. The number of hydrogen-bond acceptors (Lipinski definition) is 4. The fraction of sp³-hybridized carbons (Fsp3) is 0.300. The first-order chi connectivity index (χ1) is 7.67. The molecule has 1 heterocycles. The van der Waals surface area contributed by atoms with Gasteiger partial charge in [-0.1, -0.05) is 0 Å². The first kappa shape index (κ1) is 12.0. The maximum absolute atomic E-state index is 11.6. The predicted octanol–water partition coefficient (Wildman–Crippen LogP) is -0.401. The summed E-state index contributed by atoms with van der Waals surface area (Å²) in [7, 11) is 3.23. The van der Waals surface area contributed by atoms with E-state index in [0.29, 0.717) is 11.4 Å². The summed E-state index contributed by atoms with van der Waals surface area (Å²) in [6.07, 6.45) is 1.53. The molecule has 0 fully saturated rings. The normalized spacial score (nSPS) is 9.38. The van der Waals surface area contributed by atoms with E-state index in [9.17, 15) is 9.59 Å². The van der Waals surface area contributed by atoms with Crippen LogP contribution in [0.15, 0.2) is 18.3 Å². The summed E-state index contributed by atoms with van der Waals surface area (Å²) >= 11 is 0. The number of aromatic nitrogens is 1. The maximum atomic E-state index is 11.6. The van der Waals surface area contributed by atoms with Crippen LogP contribution in [0.25, 0.3) is 0 Å². The number of likely N-dealkylation sites (N-methyl/N-ethyl adjacent to an activating group) is 1. The molecule has 0 saturated heterocycles. The third-order valence-corrected chi connectivity index (χ3v) is 1.97. The minimum atomic E-state index is -0.303. The molecule has 1 rings (SSSR count). The predicted molar refractivity (Wildman–Crippen MR) is 60.2 cm³/mol. The van der Waals surface area contributed by atoms with Crippen molar-refractivity contribution in [1.82, 2.24) is 15.6 Å². The van der Waals surface area contributed by atoms with Gasteiger partial charge in [0.05, 0.1) is 6.54 Å². The number of anilines is 1. The van der Waals surface area contributed by atoms with E-state index >= 15 is 0 Å². The highest BCUT2D eigenvalue weighted by Crippen LogP contribution is 2.05. The van der Waals surface area contributed by atoms with Crippen molar-refractivity contribution >= 4 is 17.6 Å². The highest BCUT2D eigenvalue weighted by Gasteiger charge is 2.07. The van der Waals surface area contributed by atoms with Crippen LogP contribution in [-0.2, 0) is 4.79 Å². The Labute approximate surface area is 93.4 Å². The largest absolute Gasteiger partial charge is 0.373 e. The van der Waals surface area contributed by atoms with Crippen LogP contribution in [0.3, 0.4) is 0 Å². The Balaban J connectivity index is 2.62. The maximum Gasteiger partial charge on any atom is 0.251 e. The number of hydrogen-bond donors (Lipinski definition) is 3. The van der Waals surface area contributed by atoms with E-state index in [-0.39, 0.29) is 18.4 Å². The van der Waals surface area contributed by atoms with E-state index in [1.165, 1.54) is 13.2 Å². The zero-order chi connectivity index (χ0) is 12.0. The number of nitrogens with zero attached hydrogens (tertiary/aromatic N) is 1. The van der Waals surface area contributed by atoms with Crippen molar-refractivity contribution in [2.45, 2.75) is 0 Å². The number of carbonyl (C=O) groups is 2. The van der Waals surface area contributed by atoms with Gasteiger partial charge in [0.15, 0.2) is 0 Å². The van der Waals surface area contributed by atoms with Gasteiger partial charge in [0.1, 0.15) is 5.82 Å². The van der Waals surface area contributed by atoms with E-state index in [4.69, 9.17) is 0 Å². The number of amides is 2. The van der Waals surface area contributed by atoms with Crippen molar-refractivity contribution in [3.63, 3.8) is 0 Å². The lowest BCUT2D eigenvalue weighted by Crippen LogP contribution is -2.35. The highest BCUT2D eigenvalue weighted by atomic mass is 16.2. The fourth-order valence-corrected chi connectivity index (χ4v) is 1.06. The van der Waals surface area contributed by atoms with Crippen LogP contribution in [0.5, 0.6) is 0 Å². The number of pyridine rings is 1. The van der Waals surface area contributed by atoms with E-state index in [1.54, 1.807) is 19.2 Å². The average molecular weight is 222 g/mol. The van der Waals surface area contributed by atoms with Crippen LogP contribution >= 0.6 is 0 Å². The van der Waals surface area contributed by atoms with Gasteiger partial charge in [-0.2, -0.15) is 0 Å². The molecule has 0 bridgehead atoms. The van der Waals surface area contributed by atoms with E-state index in [0.717, 1.165) is 0 Å². The minimum absolute atomic E-state index is 0.0352. The SMILES string of the molecule is CNC(=O)CNC(=O)c1ccnc(NC)c1. The lowest BCUT2D eigenvalue weighted by atomic mass is 10.2. The van der Waals surface area contributed by atoms with Crippen molar-refractivity contribution in [1.29, 1.82) is 0 Å². The quantitative estimate of drug-likeness (QED) is 0.647. The summed E-state index contributed by atoms with van der Waals surface area (Å²) in [4.78, 5) is 26.5. The zero-order valence-electron chi connectivity index (χ0n) is 9.20. The van der Waals surface area contributed by atoms with Crippen LogP contribution in [0.4, 0.5) is 5.82 Å². The average Bonchev–Trinajstić information content (AvgIpc) is 2.35. The lowest BCUT2D eigenvalue weighted by molar-refractivity contribution is -0.119. The molecule has 0 aliphatic heterocycles. The van der Waals surface area contributed by atoms with Crippen LogP contribution in [0, 0.1) is 0 Å². The van der Waals surface area contributed by atoms with Crippen LogP contribution in [0.2, 0.25) is 0 Å². The van der Waals surface area contributed by atoms with Gasteiger partial charge in [-0.25, -0.2) is 4.98 Å². The van der Waals surface area contributed by atoms with E-state index < -0.39 is 0 Å². The molecular weight excluding hydrogens is 208 g/mol. The Hall–Kier alpha value is -2.11. The van der Waals surface area contributed by atoms with Crippen LogP contribution < -0.4 is 16.0 Å². The van der Waals surface area contributed by atoms with Crippen LogP contribution in [-0.4, -0.2) is 37.4 Å². The molecule has 1 aromatic heterocycles. The topological polar surface area (TPSA) is 83.1 Å². The van der Waals surface area contributed by atoms with Crippen molar-refractivity contribution in [3.05, 3.63) is 23.9 Å². The van der Waals surface area contributed by atoms with Crippen molar-refractivity contribution in [2.24, 2.45) is 0 Å². The molecular formula is C10H14N4O2. The van der Waals surface area contributed by atoms with Crippen molar-refractivity contribution < 1.29 is 9.59 Å². The van der Waals surface area contributed by atoms with Crippen molar-refractivity contribution in [3.8, 4) is 0 Å². The molecule has 0 saturated carbocycles. The lowest BCUT2D eigenvalue weighted by Gasteiger charge is -2.05. The second-order valence-electron chi connectivity index (χ2n) is 3.04. The van der Waals surface area contributed by atoms with Gasteiger partial charge in [-0.3, -0.25) is 9.59 Å². The van der Waals surface area contributed by atoms with Gasteiger partial charge < -0.3 is 16.0 Å². The molecule has 0 atom stereocenters. The molecule has 0 radical (unpaired) electrons. The molecule has 6 heteroatoms. The Bertz CT molecular complexity index is 392. The molecule has 0 unspecified atom stereocenters. The zero-order valence-corrected chi connectivity index (χ0v) is 9.20. The summed E-state index contributed by atoms with van der Waals surface area (Å²) in [6.45, 7) is -0.0352. The summed E-state index contributed by atoms with van der Waals surface area (Å²) in [6, 6.07) is 3.19. The van der Waals surface area contributed by atoms with Gasteiger partial charge in [0.2, 0.25) is 5.91 Å². The van der Waals surface area contributed by atoms with Gasteiger partial charge in [0, 0.05) is 25.9 Å². The third-order valence-electron chi connectivity index (χ3n) is 1.97. The molecule has 3 N–H and O–H groups in total. The van der Waals surface area contributed by atoms with Gasteiger partial charge in [-0.05, 0) is 12.1 Å². The monoisotopic (exact) mass is 222 g/mol. The van der Waals surface area contributed by atoms with Crippen LogP contribution in [0.1, 0.15) is 10.4 Å². The Morgan fingerprint density at radius 3 is 2.75 bits per heavy atom. The number of nitrogens with one attached hydrogen (secondary N) is 3. The molecule has 0 aliphatic carbocycles. The fourth-order valence-electron chi connectivity index (χ4n) is 1.06. The second-order valence-corrected chi connectivity index (χ2v) is 3.04. The molecule has 0 aliphatic rings. The second kappa shape index (κ2) is 5.69. The third kappa shape index (κ3) is 3.23. The highest BCUT2D eigenvalue weighted by molar-refractivity contribution is 5.96. The first-order valence-electron chi connectivity index (χ1n) is 4.80. The molecule has 6 nitrogen and oxygen atoms in total.